The topological polar surface area (TPSA) is 56.0 Å². The van der Waals surface area contributed by atoms with E-state index in [0.29, 0.717) is 5.69 Å². The molecule has 80 valence electrons. The number of nitro groups is 1. The molecule has 0 saturated heterocycles. The molecule has 1 heterocycles. The third-order valence-corrected chi connectivity index (χ3v) is 3.24. The first kappa shape index (κ1) is 10.1. The Morgan fingerprint density at radius 1 is 1.53 bits per heavy atom. The molecule has 15 heavy (non-hydrogen) atoms. The zero-order chi connectivity index (χ0) is 11.1. The fourth-order valence-corrected chi connectivity index (χ4v) is 2.00. The largest absolute Gasteiger partial charge is 0.291 e. The fourth-order valence-electron chi connectivity index (χ4n) is 2.00. The van der Waals surface area contributed by atoms with Gasteiger partial charge in [0.15, 0.2) is 0 Å². The van der Waals surface area contributed by atoms with Gasteiger partial charge in [-0.1, -0.05) is 6.92 Å². The van der Waals surface area contributed by atoms with Crippen LogP contribution in [-0.2, 0) is 5.41 Å². The number of pyridine rings is 1. The van der Waals surface area contributed by atoms with Crippen molar-refractivity contribution >= 4 is 5.69 Å². The maximum atomic E-state index is 10.9. The molecule has 0 atom stereocenters. The molecule has 1 aromatic heterocycles. The van der Waals surface area contributed by atoms with Gasteiger partial charge in [-0.2, -0.15) is 0 Å². The molecule has 1 fully saturated rings. The third kappa shape index (κ3) is 1.60. The summed E-state index contributed by atoms with van der Waals surface area (Å²) in [6.45, 7) is 3.94. The summed E-state index contributed by atoms with van der Waals surface area (Å²) in [5, 5.41) is 10.9. The van der Waals surface area contributed by atoms with E-state index in [9.17, 15) is 10.1 Å². The molecule has 0 radical (unpaired) electrons. The van der Waals surface area contributed by atoms with Crippen LogP contribution < -0.4 is 0 Å². The smallest absolute Gasteiger partial charge is 0.258 e. The molecule has 0 amide bonds. The first-order valence-corrected chi connectivity index (χ1v) is 5.21. The lowest BCUT2D eigenvalue weighted by Gasteiger charge is -2.12. The molecule has 0 bridgehead atoms. The van der Waals surface area contributed by atoms with E-state index in [1.54, 1.807) is 12.1 Å². The second-order valence-electron chi connectivity index (χ2n) is 4.21. The Balaban J connectivity index is 2.53. The van der Waals surface area contributed by atoms with Crippen molar-refractivity contribution in [2.45, 2.75) is 38.5 Å². The number of aromatic nitrogens is 1. The van der Waals surface area contributed by atoms with E-state index in [1.165, 1.54) is 0 Å². The highest BCUT2D eigenvalue weighted by molar-refractivity contribution is 5.44. The normalized spacial score (nSPS) is 17.5. The Morgan fingerprint density at radius 3 is 2.67 bits per heavy atom. The molecular formula is C11H14N2O2. The quantitative estimate of drug-likeness (QED) is 0.564. The van der Waals surface area contributed by atoms with Crippen LogP contribution in [0.2, 0.25) is 0 Å². The molecule has 1 aliphatic carbocycles. The average Bonchev–Trinajstić information content (AvgIpc) is 2.97. The lowest BCUT2D eigenvalue weighted by molar-refractivity contribution is -0.386. The van der Waals surface area contributed by atoms with Crippen LogP contribution in [0.5, 0.6) is 0 Å². The second kappa shape index (κ2) is 3.29. The minimum atomic E-state index is -0.322. The molecule has 1 aliphatic rings. The Labute approximate surface area is 88.5 Å². The predicted octanol–water partition coefficient (Wildman–Crippen LogP) is 2.74. The van der Waals surface area contributed by atoms with Gasteiger partial charge in [-0.15, -0.1) is 0 Å². The Morgan fingerprint density at radius 2 is 2.20 bits per heavy atom. The highest BCUT2D eigenvalue weighted by Crippen LogP contribution is 2.52. The molecule has 0 aromatic carbocycles. The lowest BCUT2D eigenvalue weighted by Crippen LogP contribution is -2.11. The molecule has 4 heteroatoms. The monoisotopic (exact) mass is 206 g/mol. The summed E-state index contributed by atoms with van der Waals surface area (Å²) >= 11 is 0. The van der Waals surface area contributed by atoms with Crippen molar-refractivity contribution in [2.75, 3.05) is 0 Å². The van der Waals surface area contributed by atoms with Crippen molar-refractivity contribution in [3.63, 3.8) is 0 Å². The summed E-state index contributed by atoms with van der Waals surface area (Å²) in [6.07, 6.45) is 2.99. The lowest BCUT2D eigenvalue weighted by atomic mass is 9.97. The molecule has 0 aliphatic heterocycles. The van der Waals surface area contributed by atoms with Crippen LogP contribution in [0.1, 0.15) is 37.6 Å². The predicted molar refractivity (Wildman–Crippen MR) is 56.8 cm³/mol. The van der Waals surface area contributed by atoms with Crippen molar-refractivity contribution in [2.24, 2.45) is 0 Å². The van der Waals surface area contributed by atoms with Crippen LogP contribution in [0.3, 0.4) is 0 Å². The van der Waals surface area contributed by atoms with E-state index in [0.717, 1.165) is 25.0 Å². The number of hydrogen-bond acceptors (Lipinski definition) is 3. The average molecular weight is 206 g/mol. The molecule has 1 saturated carbocycles. The highest BCUT2D eigenvalue weighted by atomic mass is 16.6. The fraction of sp³-hybridized carbons (Fsp3) is 0.545. The Hall–Kier alpha value is -1.45. The summed E-state index contributed by atoms with van der Waals surface area (Å²) in [6, 6.07) is 3.28. The Bertz CT molecular complexity index is 411. The van der Waals surface area contributed by atoms with Crippen molar-refractivity contribution in [3.05, 3.63) is 33.6 Å². The van der Waals surface area contributed by atoms with Crippen molar-refractivity contribution < 1.29 is 4.92 Å². The van der Waals surface area contributed by atoms with Crippen LogP contribution >= 0.6 is 0 Å². The van der Waals surface area contributed by atoms with E-state index in [4.69, 9.17) is 0 Å². The van der Waals surface area contributed by atoms with Gasteiger partial charge in [0, 0.05) is 17.2 Å². The third-order valence-electron chi connectivity index (χ3n) is 3.24. The molecule has 2 rings (SSSR count). The zero-order valence-electron chi connectivity index (χ0n) is 8.99. The van der Waals surface area contributed by atoms with Gasteiger partial charge in [0.2, 0.25) is 0 Å². The van der Waals surface area contributed by atoms with Gasteiger partial charge >= 0.3 is 0 Å². The van der Waals surface area contributed by atoms with Crippen LogP contribution in [0, 0.1) is 17.0 Å². The number of hydrogen-bond donors (Lipinski definition) is 0. The van der Waals surface area contributed by atoms with E-state index in [1.807, 2.05) is 6.92 Å². The van der Waals surface area contributed by atoms with Gasteiger partial charge < -0.3 is 0 Å². The van der Waals surface area contributed by atoms with Gasteiger partial charge in [-0.05, 0) is 32.3 Å². The van der Waals surface area contributed by atoms with Gasteiger partial charge in [-0.3, -0.25) is 15.1 Å². The van der Waals surface area contributed by atoms with Crippen molar-refractivity contribution in [1.82, 2.24) is 4.98 Å². The summed E-state index contributed by atoms with van der Waals surface area (Å²) in [7, 11) is 0. The van der Waals surface area contributed by atoms with Crippen molar-refractivity contribution in [1.29, 1.82) is 0 Å². The van der Waals surface area contributed by atoms with Crippen LogP contribution in [0.25, 0.3) is 0 Å². The van der Waals surface area contributed by atoms with E-state index < -0.39 is 0 Å². The maximum Gasteiger partial charge on any atom is 0.291 e. The summed E-state index contributed by atoms with van der Waals surface area (Å²) in [4.78, 5) is 14.9. The minimum absolute atomic E-state index is 0.00553. The molecule has 0 spiro atoms. The molecule has 1 aromatic rings. The van der Waals surface area contributed by atoms with Crippen molar-refractivity contribution in [3.8, 4) is 0 Å². The van der Waals surface area contributed by atoms with Gasteiger partial charge in [0.25, 0.3) is 5.69 Å². The van der Waals surface area contributed by atoms with E-state index >= 15 is 0 Å². The first-order chi connectivity index (χ1) is 7.09. The first-order valence-electron chi connectivity index (χ1n) is 5.21. The summed E-state index contributed by atoms with van der Waals surface area (Å²) in [5.41, 5.74) is 1.72. The molecule has 4 nitrogen and oxygen atoms in total. The zero-order valence-corrected chi connectivity index (χ0v) is 8.99. The second-order valence-corrected chi connectivity index (χ2v) is 4.21. The highest BCUT2D eigenvalue weighted by Gasteiger charge is 2.47. The number of nitrogens with zero attached hydrogens (tertiary/aromatic N) is 2. The molecular weight excluding hydrogens is 192 g/mol. The van der Waals surface area contributed by atoms with Gasteiger partial charge in [0.1, 0.15) is 5.69 Å². The van der Waals surface area contributed by atoms with E-state index in [-0.39, 0.29) is 16.0 Å². The summed E-state index contributed by atoms with van der Waals surface area (Å²) < 4.78 is 0. The van der Waals surface area contributed by atoms with Crippen LogP contribution in [0.15, 0.2) is 12.1 Å². The maximum absolute atomic E-state index is 10.9. The minimum Gasteiger partial charge on any atom is -0.258 e. The van der Waals surface area contributed by atoms with Crippen LogP contribution in [-0.4, -0.2) is 9.91 Å². The van der Waals surface area contributed by atoms with Gasteiger partial charge in [-0.25, -0.2) is 0 Å². The molecule has 0 unspecified atom stereocenters. The standard InChI is InChI=1S/C11H14N2O2/c1-3-11(6-7-11)10-9(13(14)15)5-4-8(2)12-10/h4-5H,3,6-7H2,1-2H3. The summed E-state index contributed by atoms with van der Waals surface area (Å²) in [5.74, 6) is 0. The number of aryl methyl sites for hydroxylation is 1. The van der Waals surface area contributed by atoms with E-state index in [2.05, 4.69) is 11.9 Å². The van der Waals surface area contributed by atoms with Gasteiger partial charge in [0.05, 0.1) is 4.92 Å². The molecule has 0 N–H and O–H groups in total. The Kier molecular flexibility index (Phi) is 2.21. The van der Waals surface area contributed by atoms with Crippen LogP contribution in [0.4, 0.5) is 5.69 Å². The SMILES string of the molecule is CCC1(c2nc(C)ccc2[N+](=O)[O-])CC1. The number of rotatable bonds is 3.